The topological polar surface area (TPSA) is 75.4 Å². The van der Waals surface area contributed by atoms with Crippen LogP contribution in [0.1, 0.15) is 26.7 Å². The van der Waals surface area contributed by atoms with E-state index in [0.717, 1.165) is 17.6 Å². The van der Waals surface area contributed by atoms with Gasteiger partial charge in [-0.15, -0.1) is 0 Å². The zero-order chi connectivity index (χ0) is 16.7. The number of amides is 2. The Labute approximate surface area is 136 Å². The molecule has 1 aliphatic heterocycles. The maximum absolute atomic E-state index is 12.2. The minimum atomic E-state index is -0.374. The van der Waals surface area contributed by atoms with Gasteiger partial charge >= 0.3 is 0 Å². The lowest BCUT2D eigenvalue weighted by molar-refractivity contribution is -0.136. The van der Waals surface area contributed by atoms with Gasteiger partial charge in [-0.05, 0) is 37.0 Å². The van der Waals surface area contributed by atoms with Crippen LogP contribution in [-0.4, -0.2) is 42.4 Å². The van der Waals surface area contributed by atoms with Gasteiger partial charge in [0.1, 0.15) is 6.04 Å². The predicted molar refractivity (Wildman–Crippen MR) is 89.3 cm³/mol. The highest BCUT2D eigenvalue weighted by molar-refractivity contribution is 6.29. The van der Waals surface area contributed by atoms with Crippen LogP contribution in [0, 0.1) is 0 Å². The fourth-order valence-corrected chi connectivity index (χ4v) is 2.45. The first-order chi connectivity index (χ1) is 10.4. The molecule has 0 saturated carbocycles. The molecule has 0 aromatic heterocycles. The third-order valence-corrected chi connectivity index (χ3v) is 3.75. The summed E-state index contributed by atoms with van der Waals surface area (Å²) in [6, 6.07) is -0.374. The van der Waals surface area contributed by atoms with Gasteiger partial charge in [-0.25, -0.2) is 0 Å². The van der Waals surface area contributed by atoms with E-state index < -0.39 is 0 Å². The van der Waals surface area contributed by atoms with Gasteiger partial charge in [0.05, 0.1) is 0 Å². The van der Waals surface area contributed by atoms with Crippen LogP contribution < -0.4 is 11.1 Å². The predicted octanol–water partition coefficient (Wildman–Crippen LogP) is 1.70. The van der Waals surface area contributed by atoms with Gasteiger partial charge in [0.25, 0.3) is 0 Å². The van der Waals surface area contributed by atoms with Crippen LogP contribution in [0.4, 0.5) is 0 Å². The highest BCUT2D eigenvalue weighted by atomic mass is 35.5. The van der Waals surface area contributed by atoms with Crippen molar-refractivity contribution in [1.29, 1.82) is 0 Å². The number of nitrogens with two attached hydrogens (primary N) is 1. The summed E-state index contributed by atoms with van der Waals surface area (Å²) in [7, 11) is 0. The molecular weight excluding hydrogens is 302 g/mol. The molecule has 2 amide bonds. The van der Waals surface area contributed by atoms with Crippen molar-refractivity contribution in [2.75, 3.05) is 19.6 Å². The number of nitrogens with one attached hydrogen (secondary N) is 1. The molecule has 6 heteroatoms. The molecule has 1 aliphatic rings. The van der Waals surface area contributed by atoms with Gasteiger partial charge in [0.15, 0.2) is 0 Å². The molecule has 3 N–H and O–H groups in total. The van der Waals surface area contributed by atoms with Crippen LogP contribution in [0.2, 0.25) is 0 Å². The maximum atomic E-state index is 12.2. The number of carbonyl (C=O) groups is 2. The summed E-state index contributed by atoms with van der Waals surface area (Å²) >= 11 is 5.78. The molecule has 1 heterocycles. The van der Waals surface area contributed by atoms with Gasteiger partial charge in [-0.2, -0.15) is 0 Å². The van der Waals surface area contributed by atoms with Crippen LogP contribution in [0.5, 0.6) is 0 Å². The van der Waals surface area contributed by atoms with Crippen molar-refractivity contribution in [3.8, 4) is 0 Å². The number of allylic oxidation sites excluding steroid dienone is 3. The average molecular weight is 326 g/mol. The molecule has 0 spiro atoms. The Morgan fingerprint density at radius 3 is 2.64 bits per heavy atom. The lowest BCUT2D eigenvalue weighted by Crippen LogP contribution is -2.45. The highest BCUT2D eigenvalue weighted by Crippen LogP contribution is 2.17. The Hall–Kier alpha value is -1.59. The fourth-order valence-electron chi connectivity index (χ4n) is 2.39. The van der Waals surface area contributed by atoms with Crippen LogP contribution >= 0.6 is 11.6 Å². The number of hydrogen-bond acceptors (Lipinski definition) is 3. The SMILES string of the molecule is C=C(CNC(=O)[C@@H]1CCCN1C(C)=O)/C(=C\C=C(/C)Cl)CN. The number of hydrogen-bond donors (Lipinski definition) is 2. The zero-order valence-electron chi connectivity index (χ0n) is 13.2. The second-order valence-electron chi connectivity index (χ2n) is 5.34. The summed E-state index contributed by atoms with van der Waals surface area (Å²) in [4.78, 5) is 25.3. The molecule has 122 valence electrons. The van der Waals surface area contributed by atoms with E-state index in [2.05, 4.69) is 11.9 Å². The maximum Gasteiger partial charge on any atom is 0.243 e. The Morgan fingerprint density at radius 2 is 2.09 bits per heavy atom. The minimum absolute atomic E-state index is 0.0678. The van der Waals surface area contributed by atoms with Crippen LogP contribution in [0.3, 0.4) is 0 Å². The molecule has 0 aromatic carbocycles. The number of likely N-dealkylation sites (tertiary alicyclic amines) is 1. The second-order valence-corrected chi connectivity index (χ2v) is 5.94. The van der Waals surface area contributed by atoms with Gasteiger partial charge in [-0.1, -0.05) is 24.3 Å². The van der Waals surface area contributed by atoms with Crippen LogP contribution in [0.15, 0.2) is 34.9 Å². The first-order valence-electron chi connectivity index (χ1n) is 7.33. The van der Waals surface area contributed by atoms with Crippen molar-refractivity contribution in [1.82, 2.24) is 10.2 Å². The van der Waals surface area contributed by atoms with E-state index in [4.69, 9.17) is 17.3 Å². The molecule has 0 aromatic rings. The zero-order valence-corrected chi connectivity index (χ0v) is 13.9. The van der Waals surface area contributed by atoms with E-state index in [0.29, 0.717) is 31.1 Å². The standard InChI is InChI=1S/C16H24ClN3O2/c1-11(14(9-18)7-6-12(2)17)10-19-16(22)15-5-4-8-20(15)13(3)21/h6-7,15H,1,4-5,8-10,18H2,2-3H3,(H,19,22)/b12-6+,14-7-/t15-/m0/s1. The van der Waals surface area contributed by atoms with Crippen molar-refractivity contribution >= 4 is 23.4 Å². The molecule has 5 nitrogen and oxygen atoms in total. The molecule has 1 atom stereocenters. The van der Waals surface area contributed by atoms with Crippen molar-refractivity contribution < 1.29 is 9.59 Å². The summed E-state index contributed by atoms with van der Waals surface area (Å²) in [6.45, 7) is 8.46. The first kappa shape index (κ1) is 18.5. The van der Waals surface area contributed by atoms with E-state index in [9.17, 15) is 9.59 Å². The molecule has 0 bridgehead atoms. The summed E-state index contributed by atoms with van der Waals surface area (Å²) < 4.78 is 0. The highest BCUT2D eigenvalue weighted by Gasteiger charge is 2.32. The largest absolute Gasteiger partial charge is 0.350 e. The normalized spacial score (nSPS) is 19.3. The molecule has 0 unspecified atom stereocenters. The Morgan fingerprint density at radius 1 is 1.41 bits per heavy atom. The van der Waals surface area contributed by atoms with Crippen molar-refractivity contribution in [3.63, 3.8) is 0 Å². The van der Waals surface area contributed by atoms with E-state index in [-0.39, 0.29) is 17.9 Å². The summed E-state index contributed by atoms with van der Waals surface area (Å²) in [5.41, 5.74) is 7.25. The molecule has 1 rings (SSSR count). The van der Waals surface area contributed by atoms with Crippen molar-refractivity contribution in [2.45, 2.75) is 32.7 Å². The van der Waals surface area contributed by atoms with Gasteiger partial charge < -0.3 is 16.0 Å². The van der Waals surface area contributed by atoms with E-state index in [1.54, 1.807) is 24.0 Å². The minimum Gasteiger partial charge on any atom is -0.350 e. The van der Waals surface area contributed by atoms with Crippen molar-refractivity contribution in [2.24, 2.45) is 5.73 Å². The van der Waals surface area contributed by atoms with E-state index in [1.165, 1.54) is 6.92 Å². The third kappa shape index (κ3) is 5.31. The Kier molecular flexibility index (Phi) is 7.35. The monoisotopic (exact) mass is 325 g/mol. The number of carbonyl (C=O) groups excluding carboxylic acids is 2. The van der Waals surface area contributed by atoms with Crippen molar-refractivity contribution in [3.05, 3.63) is 34.9 Å². The first-order valence-corrected chi connectivity index (χ1v) is 7.70. The van der Waals surface area contributed by atoms with E-state index >= 15 is 0 Å². The van der Waals surface area contributed by atoms with Crippen LogP contribution in [-0.2, 0) is 9.59 Å². The molecule has 1 fully saturated rings. The molecule has 0 radical (unpaired) electrons. The van der Waals surface area contributed by atoms with Gasteiger partial charge in [-0.3, -0.25) is 9.59 Å². The van der Waals surface area contributed by atoms with Crippen LogP contribution in [0.25, 0.3) is 0 Å². The molecular formula is C16H24ClN3O2. The number of nitrogens with zero attached hydrogens (tertiary/aromatic N) is 1. The quantitative estimate of drug-likeness (QED) is 0.730. The summed E-state index contributed by atoms with van der Waals surface area (Å²) in [5, 5.41) is 3.47. The average Bonchev–Trinajstić information content (AvgIpc) is 2.94. The summed E-state index contributed by atoms with van der Waals surface area (Å²) in [6.07, 6.45) is 5.09. The lowest BCUT2D eigenvalue weighted by Gasteiger charge is -2.22. The third-order valence-electron chi connectivity index (χ3n) is 3.62. The van der Waals surface area contributed by atoms with Gasteiger partial charge in [0.2, 0.25) is 11.8 Å². The fraction of sp³-hybridized carbons (Fsp3) is 0.500. The molecule has 0 aliphatic carbocycles. The number of halogens is 1. The molecule has 22 heavy (non-hydrogen) atoms. The van der Waals surface area contributed by atoms with Gasteiger partial charge in [0, 0.05) is 31.6 Å². The van der Waals surface area contributed by atoms with E-state index in [1.807, 2.05) is 0 Å². The summed E-state index contributed by atoms with van der Waals surface area (Å²) in [5.74, 6) is -0.212. The Bertz CT molecular complexity index is 508. The second kappa shape index (κ2) is 8.76. The lowest BCUT2D eigenvalue weighted by atomic mass is 10.1. The Balaban J connectivity index is 2.59. The molecule has 1 saturated heterocycles. The number of rotatable bonds is 6. The smallest absolute Gasteiger partial charge is 0.243 e.